The number of anilines is 1. The van der Waals surface area contributed by atoms with Crippen LogP contribution in [0.5, 0.6) is 0 Å². The van der Waals surface area contributed by atoms with Crippen molar-refractivity contribution in [1.82, 2.24) is 20.2 Å². The highest BCUT2D eigenvalue weighted by molar-refractivity contribution is 6.34. The van der Waals surface area contributed by atoms with Crippen molar-refractivity contribution < 1.29 is 14.4 Å². The smallest absolute Gasteiger partial charge is 0.276 e. The molecule has 0 bridgehead atoms. The van der Waals surface area contributed by atoms with E-state index in [1.165, 1.54) is 25.6 Å². The number of imidazole rings is 1. The van der Waals surface area contributed by atoms with Crippen LogP contribution in [0.2, 0.25) is 5.02 Å². The zero-order valence-corrected chi connectivity index (χ0v) is 21.0. The SMILES string of the molecule is CC1CCCCN1CCNC(=O)c1[nH]cnc1C(=O)Nc1ccc(CC(=O)c2ccccc2Cl)cc1. The number of amides is 2. The fourth-order valence-electron chi connectivity index (χ4n) is 4.39. The number of nitrogens with one attached hydrogen (secondary N) is 3. The molecule has 2 amide bonds. The molecule has 2 heterocycles. The molecule has 2 aromatic carbocycles. The molecule has 4 rings (SSSR count). The van der Waals surface area contributed by atoms with Gasteiger partial charge in [-0.05, 0) is 56.1 Å². The van der Waals surface area contributed by atoms with Gasteiger partial charge < -0.3 is 15.6 Å². The first-order valence-electron chi connectivity index (χ1n) is 12.2. The van der Waals surface area contributed by atoms with Crippen LogP contribution in [0.3, 0.4) is 0 Å². The summed E-state index contributed by atoms with van der Waals surface area (Å²) in [4.78, 5) is 47.2. The second-order valence-electron chi connectivity index (χ2n) is 8.99. The van der Waals surface area contributed by atoms with Crippen LogP contribution < -0.4 is 10.6 Å². The lowest BCUT2D eigenvalue weighted by atomic mass is 10.0. The predicted octanol–water partition coefficient (Wildman–Crippen LogP) is 4.35. The number of likely N-dealkylation sites (tertiary alicyclic amines) is 1. The van der Waals surface area contributed by atoms with Gasteiger partial charge in [-0.1, -0.05) is 42.3 Å². The number of carbonyl (C=O) groups is 3. The van der Waals surface area contributed by atoms with E-state index >= 15 is 0 Å². The first-order chi connectivity index (χ1) is 17.4. The number of carbonyl (C=O) groups excluding carboxylic acids is 3. The molecule has 1 aromatic heterocycles. The molecule has 36 heavy (non-hydrogen) atoms. The van der Waals surface area contributed by atoms with E-state index in [9.17, 15) is 14.4 Å². The summed E-state index contributed by atoms with van der Waals surface area (Å²) in [5, 5.41) is 6.06. The molecule has 1 unspecified atom stereocenters. The number of aromatic amines is 1. The third-order valence-corrected chi connectivity index (χ3v) is 6.79. The van der Waals surface area contributed by atoms with Crippen LogP contribution in [-0.4, -0.2) is 58.1 Å². The highest BCUT2D eigenvalue weighted by Crippen LogP contribution is 2.19. The first-order valence-corrected chi connectivity index (χ1v) is 12.5. The molecule has 0 spiro atoms. The molecule has 1 saturated heterocycles. The van der Waals surface area contributed by atoms with Crippen LogP contribution in [-0.2, 0) is 6.42 Å². The summed E-state index contributed by atoms with van der Waals surface area (Å²) in [5.74, 6) is -0.944. The summed E-state index contributed by atoms with van der Waals surface area (Å²) in [7, 11) is 0. The normalized spacial score (nSPS) is 15.9. The number of ketones is 1. The van der Waals surface area contributed by atoms with Gasteiger partial charge in [0.15, 0.2) is 11.5 Å². The molecule has 3 aromatic rings. The lowest BCUT2D eigenvalue weighted by Crippen LogP contribution is -2.42. The molecule has 1 atom stereocenters. The van der Waals surface area contributed by atoms with E-state index in [0.717, 1.165) is 18.7 Å². The van der Waals surface area contributed by atoms with Crippen molar-refractivity contribution in [2.24, 2.45) is 0 Å². The number of halogens is 1. The number of rotatable bonds is 9. The van der Waals surface area contributed by atoms with E-state index in [-0.39, 0.29) is 29.5 Å². The Labute approximate surface area is 215 Å². The van der Waals surface area contributed by atoms with Crippen LogP contribution in [0.25, 0.3) is 0 Å². The second kappa shape index (κ2) is 12.0. The number of aromatic nitrogens is 2. The molecular weight excluding hydrogens is 478 g/mol. The molecule has 3 N–H and O–H groups in total. The highest BCUT2D eigenvalue weighted by atomic mass is 35.5. The van der Waals surface area contributed by atoms with Gasteiger partial charge >= 0.3 is 0 Å². The summed E-state index contributed by atoms with van der Waals surface area (Å²) < 4.78 is 0. The van der Waals surface area contributed by atoms with Crippen LogP contribution >= 0.6 is 11.6 Å². The minimum absolute atomic E-state index is 0.0248. The largest absolute Gasteiger partial charge is 0.349 e. The van der Waals surface area contributed by atoms with Crippen molar-refractivity contribution in [3.63, 3.8) is 0 Å². The van der Waals surface area contributed by atoms with E-state index in [0.29, 0.717) is 28.9 Å². The second-order valence-corrected chi connectivity index (χ2v) is 9.40. The monoisotopic (exact) mass is 507 g/mol. The number of Topliss-reactive ketones (excluding diaryl/α,β-unsaturated/α-hetero) is 1. The van der Waals surface area contributed by atoms with Crippen molar-refractivity contribution in [3.8, 4) is 0 Å². The summed E-state index contributed by atoms with van der Waals surface area (Å²) in [6.07, 6.45) is 5.14. The van der Waals surface area contributed by atoms with Crippen LogP contribution in [0.4, 0.5) is 5.69 Å². The van der Waals surface area contributed by atoms with Crippen molar-refractivity contribution in [2.45, 2.75) is 38.6 Å². The Balaban J connectivity index is 1.31. The molecule has 8 nitrogen and oxygen atoms in total. The van der Waals surface area contributed by atoms with E-state index < -0.39 is 5.91 Å². The Kier molecular flexibility index (Phi) is 8.51. The fourth-order valence-corrected chi connectivity index (χ4v) is 4.64. The summed E-state index contributed by atoms with van der Waals surface area (Å²) >= 11 is 6.11. The number of hydrogen-bond acceptors (Lipinski definition) is 5. The highest BCUT2D eigenvalue weighted by Gasteiger charge is 2.22. The average Bonchev–Trinajstić information content (AvgIpc) is 3.37. The van der Waals surface area contributed by atoms with Crippen molar-refractivity contribution in [3.05, 3.63) is 82.4 Å². The molecule has 9 heteroatoms. The van der Waals surface area contributed by atoms with Gasteiger partial charge in [-0.2, -0.15) is 0 Å². The number of piperidine rings is 1. The molecule has 0 saturated carbocycles. The van der Waals surface area contributed by atoms with Gasteiger partial charge in [-0.3, -0.25) is 19.3 Å². The predicted molar refractivity (Wildman–Crippen MR) is 140 cm³/mol. The molecule has 1 fully saturated rings. The molecular formula is C27H30ClN5O3. The maximum atomic E-state index is 12.8. The van der Waals surface area contributed by atoms with E-state index in [1.807, 2.05) is 0 Å². The van der Waals surface area contributed by atoms with Gasteiger partial charge in [0.25, 0.3) is 11.8 Å². The number of H-pyrrole nitrogens is 1. The van der Waals surface area contributed by atoms with Crippen molar-refractivity contribution in [1.29, 1.82) is 0 Å². The molecule has 188 valence electrons. The summed E-state index contributed by atoms with van der Waals surface area (Å²) in [5.41, 5.74) is 1.95. The first kappa shape index (κ1) is 25.6. The maximum absolute atomic E-state index is 12.8. The standard InChI is InChI=1S/C27H30ClN5O3/c1-18-6-4-5-14-33(18)15-13-29-26(35)24-25(31-17-30-24)27(36)32-20-11-9-19(10-12-20)16-23(34)21-7-2-3-8-22(21)28/h2-3,7-12,17-18H,4-6,13-16H2,1H3,(H,29,35)(H,30,31)(H,32,36). The Morgan fingerprint density at radius 3 is 2.61 bits per heavy atom. The number of benzene rings is 2. The van der Waals surface area contributed by atoms with Crippen LogP contribution in [0.1, 0.15) is 63.1 Å². The minimum Gasteiger partial charge on any atom is -0.349 e. The summed E-state index contributed by atoms with van der Waals surface area (Å²) in [6, 6.07) is 14.4. The maximum Gasteiger partial charge on any atom is 0.276 e. The van der Waals surface area contributed by atoms with Crippen LogP contribution in [0.15, 0.2) is 54.9 Å². The van der Waals surface area contributed by atoms with Crippen molar-refractivity contribution >= 4 is 34.9 Å². The van der Waals surface area contributed by atoms with E-state index in [1.54, 1.807) is 48.5 Å². The molecule has 1 aliphatic heterocycles. The minimum atomic E-state index is -0.494. The zero-order valence-electron chi connectivity index (χ0n) is 20.2. The lowest BCUT2D eigenvalue weighted by molar-refractivity contribution is 0.0922. The number of hydrogen-bond donors (Lipinski definition) is 3. The van der Waals surface area contributed by atoms with Gasteiger partial charge in [-0.15, -0.1) is 0 Å². The van der Waals surface area contributed by atoms with Crippen molar-refractivity contribution in [2.75, 3.05) is 25.0 Å². The van der Waals surface area contributed by atoms with E-state index in [4.69, 9.17) is 11.6 Å². The lowest BCUT2D eigenvalue weighted by Gasteiger charge is -2.33. The topological polar surface area (TPSA) is 107 Å². The number of nitrogens with zero attached hydrogens (tertiary/aromatic N) is 2. The quantitative estimate of drug-likeness (QED) is 0.373. The average molecular weight is 508 g/mol. The van der Waals surface area contributed by atoms with Crippen LogP contribution in [0, 0.1) is 0 Å². The third-order valence-electron chi connectivity index (χ3n) is 6.46. The summed E-state index contributed by atoms with van der Waals surface area (Å²) in [6.45, 7) is 4.52. The third kappa shape index (κ3) is 6.38. The van der Waals surface area contributed by atoms with Gasteiger partial charge in [0.1, 0.15) is 5.69 Å². The zero-order chi connectivity index (χ0) is 25.5. The Bertz CT molecular complexity index is 1220. The Morgan fingerprint density at radius 2 is 1.86 bits per heavy atom. The molecule has 0 aliphatic carbocycles. The van der Waals surface area contributed by atoms with Gasteiger partial charge in [0, 0.05) is 36.8 Å². The van der Waals surface area contributed by atoms with Gasteiger partial charge in [0.05, 0.1) is 11.3 Å². The Morgan fingerprint density at radius 1 is 1.08 bits per heavy atom. The molecule has 1 aliphatic rings. The fraction of sp³-hybridized carbons (Fsp3) is 0.333. The van der Waals surface area contributed by atoms with E-state index in [2.05, 4.69) is 32.4 Å². The Hall–Kier alpha value is -3.49. The van der Waals surface area contributed by atoms with Gasteiger partial charge in [-0.25, -0.2) is 4.98 Å². The van der Waals surface area contributed by atoms with Gasteiger partial charge in [0.2, 0.25) is 0 Å². The molecule has 0 radical (unpaired) electrons.